The van der Waals surface area contributed by atoms with Crippen molar-refractivity contribution in [3.63, 3.8) is 0 Å². The van der Waals surface area contributed by atoms with E-state index in [1.54, 1.807) is 12.3 Å². The fourth-order valence-corrected chi connectivity index (χ4v) is 1.84. The van der Waals surface area contributed by atoms with Gasteiger partial charge in [0, 0.05) is 23.3 Å². The molecule has 0 fully saturated rings. The summed E-state index contributed by atoms with van der Waals surface area (Å²) in [5, 5.41) is 3.68. The van der Waals surface area contributed by atoms with E-state index >= 15 is 0 Å². The van der Waals surface area contributed by atoms with E-state index in [4.69, 9.17) is 0 Å². The van der Waals surface area contributed by atoms with Crippen molar-refractivity contribution in [2.75, 3.05) is 5.32 Å². The average molecular weight is 266 g/mol. The van der Waals surface area contributed by atoms with Crippen LogP contribution in [0.25, 0.3) is 10.9 Å². The van der Waals surface area contributed by atoms with Crippen molar-refractivity contribution in [1.29, 1.82) is 0 Å². The van der Waals surface area contributed by atoms with Gasteiger partial charge >= 0.3 is 5.63 Å². The fourth-order valence-electron chi connectivity index (χ4n) is 1.84. The van der Waals surface area contributed by atoms with Crippen molar-refractivity contribution in [1.82, 2.24) is 4.98 Å². The molecule has 3 rings (SSSR count). The predicted molar refractivity (Wildman–Crippen MR) is 74.7 cm³/mol. The number of amides is 1. The zero-order valence-electron chi connectivity index (χ0n) is 10.4. The summed E-state index contributed by atoms with van der Waals surface area (Å²) in [6.45, 7) is 0. The van der Waals surface area contributed by atoms with Crippen LogP contribution in [0, 0.1) is 0 Å². The summed E-state index contributed by atoms with van der Waals surface area (Å²) in [6, 6.07) is 11.8. The molecule has 0 unspecified atom stereocenters. The molecule has 3 aromatic rings. The molecule has 1 amide bonds. The Labute approximate surface area is 113 Å². The van der Waals surface area contributed by atoms with Crippen LogP contribution in [0.15, 0.2) is 64.1 Å². The quantitative estimate of drug-likeness (QED) is 0.773. The molecule has 5 heteroatoms. The minimum atomic E-state index is -0.488. The van der Waals surface area contributed by atoms with Gasteiger partial charge in [-0.1, -0.05) is 6.07 Å². The van der Waals surface area contributed by atoms with Crippen LogP contribution < -0.4 is 10.9 Å². The number of fused-ring (bicyclic) bond motifs is 1. The van der Waals surface area contributed by atoms with Gasteiger partial charge in [-0.3, -0.25) is 9.78 Å². The van der Waals surface area contributed by atoms with E-state index in [1.165, 1.54) is 12.1 Å². The Balaban J connectivity index is 1.87. The van der Waals surface area contributed by atoms with Crippen LogP contribution >= 0.6 is 0 Å². The number of benzene rings is 1. The van der Waals surface area contributed by atoms with Crippen molar-refractivity contribution in [3.8, 4) is 0 Å². The van der Waals surface area contributed by atoms with Crippen LogP contribution in [-0.2, 0) is 0 Å². The van der Waals surface area contributed by atoms with E-state index in [1.807, 2.05) is 24.3 Å². The summed E-state index contributed by atoms with van der Waals surface area (Å²) in [5.41, 5.74) is 1.31. The molecule has 0 aliphatic carbocycles. The molecule has 0 saturated heterocycles. The molecule has 0 bridgehead atoms. The number of aromatic nitrogens is 1. The van der Waals surface area contributed by atoms with Gasteiger partial charge < -0.3 is 9.73 Å². The summed E-state index contributed by atoms with van der Waals surface area (Å²) in [6.07, 6.45) is 2.85. The van der Waals surface area contributed by atoms with Gasteiger partial charge in [0.05, 0.1) is 11.1 Å². The lowest BCUT2D eigenvalue weighted by atomic mass is 10.2. The summed E-state index contributed by atoms with van der Waals surface area (Å²) in [4.78, 5) is 27.0. The average Bonchev–Trinajstić information content (AvgIpc) is 2.48. The topological polar surface area (TPSA) is 72.2 Å². The van der Waals surface area contributed by atoms with Gasteiger partial charge in [0.1, 0.15) is 6.26 Å². The van der Waals surface area contributed by atoms with Gasteiger partial charge in [-0.25, -0.2) is 4.79 Å². The Bertz CT molecular complexity index is 819. The Morgan fingerprint density at radius 1 is 1.15 bits per heavy atom. The third kappa shape index (κ3) is 2.42. The van der Waals surface area contributed by atoms with Crippen molar-refractivity contribution < 1.29 is 9.21 Å². The van der Waals surface area contributed by atoms with Crippen molar-refractivity contribution in [2.24, 2.45) is 0 Å². The number of nitrogens with zero attached hydrogens (tertiary/aromatic N) is 1. The number of anilines is 1. The zero-order valence-corrected chi connectivity index (χ0v) is 10.4. The monoisotopic (exact) mass is 266 g/mol. The van der Waals surface area contributed by atoms with Gasteiger partial charge in [-0.2, -0.15) is 0 Å². The molecule has 0 spiro atoms. The van der Waals surface area contributed by atoms with Gasteiger partial charge in [0.15, 0.2) is 0 Å². The third-order valence-electron chi connectivity index (χ3n) is 2.82. The zero-order chi connectivity index (χ0) is 13.9. The minimum absolute atomic E-state index is 0.288. The Morgan fingerprint density at radius 3 is 2.85 bits per heavy atom. The number of hydrogen-bond acceptors (Lipinski definition) is 4. The lowest BCUT2D eigenvalue weighted by Gasteiger charge is -2.05. The Morgan fingerprint density at radius 2 is 2.05 bits per heavy atom. The first-order valence-electron chi connectivity index (χ1n) is 5.97. The molecule has 0 aliphatic rings. The van der Waals surface area contributed by atoms with E-state index in [0.717, 1.165) is 17.2 Å². The number of carbonyl (C=O) groups is 1. The van der Waals surface area contributed by atoms with Gasteiger partial charge in [0.2, 0.25) is 0 Å². The molecule has 2 aromatic heterocycles. The Hall–Kier alpha value is -2.95. The van der Waals surface area contributed by atoms with Crippen LogP contribution in [-0.4, -0.2) is 10.9 Å². The Kier molecular flexibility index (Phi) is 3.01. The number of hydrogen-bond donors (Lipinski definition) is 1. The highest BCUT2D eigenvalue weighted by molar-refractivity contribution is 6.04. The molecule has 0 radical (unpaired) electrons. The van der Waals surface area contributed by atoms with Crippen molar-refractivity contribution in [3.05, 3.63) is 70.9 Å². The van der Waals surface area contributed by atoms with E-state index in [0.29, 0.717) is 5.69 Å². The molecule has 0 aliphatic heterocycles. The molecular weight excluding hydrogens is 256 g/mol. The second kappa shape index (κ2) is 4.97. The molecule has 1 N–H and O–H groups in total. The van der Waals surface area contributed by atoms with Gasteiger partial charge in [-0.15, -0.1) is 0 Å². The summed E-state index contributed by atoms with van der Waals surface area (Å²) in [5.74, 6) is -0.336. The number of nitrogens with one attached hydrogen (secondary N) is 1. The third-order valence-corrected chi connectivity index (χ3v) is 2.82. The summed E-state index contributed by atoms with van der Waals surface area (Å²) in [7, 11) is 0. The molecule has 5 nitrogen and oxygen atoms in total. The van der Waals surface area contributed by atoms with Crippen LogP contribution in [0.3, 0.4) is 0 Å². The van der Waals surface area contributed by atoms with Crippen molar-refractivity contribution >= 4 is 22.5 Å². The van der Waals surface area contributed by atoms with Crippen LogP contribution in [0.4, 0.5) is 5.69 Å². The summed E-state index contributed by atoms with van der Waals surface area (Å²) >= 11 is 0. The number of rotatable bonds is 2. The first-order valence-corrected chi connectivity index (χ1v) is 5.97. The lowest BCUT2D eigenvalue weighted by Crippen LogP contribution is -2.12. The number of carbonyl (C=O) groups excluding carboxylic acids is 1. The van der Waals surface area contributed by atoms with Gasteiger partial charge in [0.25, 0.3) is 5.91 Å². The molecular formula is C15H10N2O3. The molecule has 0 atom stereocenters. The highest BCUT2D eigenvalue weighted by Crippen LogP contribution is 2.17. The maximum absolute atomic E-state index is 12.0. The smallest absolute Gasteiger partial charge is 0.335 e. The number of pyridine rings is 1. The first-order chi connectivity index (χ1) is 9.72. The van der Waals surface area contributed by atoms with Crippen molar-refractivity contribution in [2.45, 2.75) is 0 Å². The predicted octanol–water partition coefficient (Wildman–Crippen LogP) is 2.44. The standard InChI is InChI=1S/C15H10N2O3/c18-14-6-3-11(9-20-14)15(19)17-12-4-5-13-10(8-12)2-1-7-16-13/h1-9H,(H,17,19). The maximum atomic E-state index is 12.0. The van der Waals surface area contributed by atoms with Crippen LogP contribution in [0.5, 0.6) is 0 Å². The first kappa shape index (κ1) is 12.1. The minimum Gasteiger partial charge on any atom is -0.430 e. The SMILES string of the molecule is O=C(Nc1ccc2ncccc2c1)c1ccc(=O)oc1. The van der Waals surface area contributed by atoms with E-state index in [-0.39, 0.29) is 11.5 Å². The highest BCUT2D eigenvalue weighted by Gasteiger charge is 2.07. The second-order valence-corrected chi connectivity index (χ2v) is 4.21. The highest BCUT2D eigenvalue weighted by atomic mass is 16.4. The molecule has 98 valence electrons. The van der Waals surface area contributed by atoms with Crippen LogP contribution in [0.1, 0.15) is 10.4 Å². The fraction of sp³-hybridized carbons (Fsp3) is 0. The van der Waals surface area contributed by atoms with E-state index < -0.39 is 5.63 Å². The molecule has 1 aromatic carbocycles. The normalized spacial score (nSPS) is 10.4. The molecule has 20 heavy (non-hydrogen) atoms. The second-order valence-electron chi connectivity index (χ2n) is 4.21. The summed E-state index contributed by atoms with van der Waals surface area (Å²) < 4.78 is 4.66. The largest absolute Gasteiger partial charge is 0.430 e. The van der Waals surface area contributed by atoms with Gasteiger partial charge in [-0.05, 0) is 30.3 Å². The lowest BCUT2D eigenvalue weighted by molar-refractivity contribution is 0.102. The molecule has 2 heterocycles. The van der Waals surface area contributed by atoms with E-state index in [2.05, 4.69) is 14.7 Å². The molecule has 0 saturated carbocycles. The maximum Gasteiger partial charge on any atom is 0.335 e. The van der Waals surface area contributed by atoms with Crippen LogP contribution in [0.2, 0.25) is 0 Å². The van der Waals surface area contributed by atoms with E-state index in [9.17, 15) is 9.59 Å².